The van der Waals surface area contributed by atoms with Crippen LogP contribution in [0.15, 0.2) is 173 Å². The molecule has 8 bridgehead atoms. The summed E-state index contributed by atoms with van der Waals surface area (Å²) in [5, 5.41) is 12.8. The number of aromatic amines is 1. The standard InChI is InChI=1S/C77H108N8O4/c1-11-19-20-21-22-23-24-25-54-86-62-35-27-58(28-36-62)74-66-43-44-68(78-66)75(59-29-37-63(38-30-59)87-55-26-52-85(16-6,17-7)18-8)69-46-49-72(80-69)77(61-33-41-65(42-34-61)89-57-53-84(10,14-4)15-5)73-50-48-71(81-73)76(70-47-45-67(74)79-70)60-31-39-64(40-32-60)88-56-51-82(9)83(12-2)13-3/h27-37,39-50,63,72-73,77,79-81H,11-26,38,51-57H2,1-10H3/q+2/b74-66-,75-69-,76-71-. The first-order valence-electron chi connectivity index (χ1n) is 34.4. The molecule has 4 aliphatic heterocycles. The number of hydrazine groups is 1. The van der Waals surface area contributed by atoms with E-state index in [1.807, 2.05) is 0 Å². The van der Waals surface area contributed by atoms with Crippen LogP contribution in [0.1, 0.15) is 154 Å². The summed E-state index contributed by atoms with van der Waals surface area (Å²) < 4.78 is 28.0. The summed E-state index contributed by atoms with van der Waals surface area (Å²) in [6.07, 6.45) is 32.6. The van der Waals surface area contributed by atoms with Crippen LogP contribution in [0.5, 0.6) is 17.2 Å². The van der Waals surface area contributed by atoms with Crippen molar-refractivity contribution in [1.82, 2.24) is 25.6 Å². The van der Waals surface area contributed by atoms with Crippen LogP contribution >= 0.6 is 0 Å². The van der Waals surface area contributed by atoms with Crippen molar-refractivity contribution in [3.05, 3.63) is 196 Å². The van der Waals surface area contributed by atoms with Crippen molar-refractivity contribution >= 4 is 16.9 Å². The zero-order chi connectivity index (χ0) is 62.6. The van der Waals surface area contributed by atoms with Crippen LogP contribution in [0.3, 0.4) is 0 Å². The quantitative estimate of drug-likeness (QED) is 0.0238. The van der Waals surface area contributed by atoms with E-state index in [1.54, 1.807) is 0 Å². The van der Waals surface area contributed by atoms with Gasteiger partial charge < -0.3 is 43.5 Å². The number of hydrogen-bond acceptors (Lipinski definition) is 9. The number of unbranched alkanes of at least 4 members (excludes halogenated alkanes) is 7. The minimum Gasteiger partial charge on any atom is -0.494 e. The Labute approximate surface area is 535 Å². The summed E-state index contributed by atoms with van der Waals surface area (Å²) in [5.74, 6) is 2.61. The molecular weight excluding hydrogens is 1100 g/mol. The number of quaternary nitrogens is 2. The topological polar surface area (TPSA) is 95.6 Å². The SMILES string of the molecule is CCCCCCCCCCOc1ccc(/C2=C3\C=CC(=N3)/C(C3=CCC(OCCC[N+](CC)(CC)CC)C=C3)=C3/C=CC(N3)C(c3ccc(OCC[N+](C)(CC)CC)cc3)C3C=C/C(=C(\c4ccc(OCCN(C)N(CC)CC)cc4)c4ccc2[nH]4)N3)cc1. The third-order valence-electron chi connectivity index (χ3n) is 19.9. The molecular formula is C77H108N8O4+2. The maximum Gasteiger partial charge on any atom is 0.137 e. The molecule has 3 N–H and O–H groups in total. The van der Waals surface area contributed by atoms with Gasteiger partial charge in [-0.2, -0.15) is 0 Å². The van der Waals surface area contributed by atoms with E-state index < -0.39 is 0 Å². The summed E-state index contributed by atoms with van der Waals surface area (Å²) >= 11 is 0. The third-order valence-corrected chi connectivity index (χ3v) is 19.9. The molecule has 478 valence electrons. The van der Waals surface area contributed by atoms with Crippen molar-refractivity contribution in [3.8, 4) is 17.2 Å². The Morgan fingerprint density at radius 3 is 1.67 bits per heavy atom. The Kier molecular flexibility index (Phi) is 24.7. The van der Waals surface area contributed by atoms with Gasteiger partial charge in [-0.3, -0.25) is 0 Å². The number of rotatable bonds is 35. The lowest BCUT2D eigenvalue weighted by molar-refractivity contribution is -0.923. The Morgan fingerprint density at radius 1 is 0.528 bits per heavy atom. The van der Waals surface area contributed by atoms with Crippen LogP contribution in [0.4, 0.5) is 0 Å². The van der Waals surface area contributed by atoms with Crippen molar-refractivity contribution in [2.24, 2.45) is 4.99 Å². The van der Waals surface area contributed by atoms with Gasteiger partial charge in [0.1, 0.15) is 37.0 Å². The molecule has 4 atom stereocenters. The number of aromatic nitrogens is 1. The second-order valence-electron chi connectivity index (χ2n) is 25.2. The number of nitrogens with zero attached hydrogens (tertiary/aromatic N) is 5. The predicted octanol–water partition coefficient (Wildman–Crippen LogP) is 15.1. The fraction of sp³-hybridized carbons (Fsp3) is 0.494. The highest BCUT2D eigenvalue weighted by molar-refractivity contribution is 6.16. The second kappa shape index (κ2) is 32.9. The van der Waals surface area contributed by atoms with Crippen molar-refractivity contribution in [2.45, 2.75) is 144 Å². The molecule has 9 rings (SSSR count). The van der Waals surface area contributed by atoms with Crippen molar-refractivity contribution < 1.29 is 27.9 Å². The molecule has 1 aromatic heterocycles. The second-order valence-corrected chi connectivity index (χ2v) is 25.2. The van der Waals surface area contributed by atoms with Crippen LogP contribution in [-0.2, 0) is 4.74 Å². The number of H-pyrrole nitrogens is 1. The molecule has 1 aliphatic carbocycles. The number of nitrogens with one attached hydrogen (secondary N) is 3. The van der Waals surface area contributed by atoms with Gasteiger partial charge in [-0.1, -0.05) is 132 Å². The van der Waals surface area contributed by atoms with Crippen LogP contribution in [0.25, 0.3) is 11.1 Å². The highest BCUT2D eigenvalue weighted by atomic mass is 16.5. The average molecular weight is 1210 g/mol. The Hall–Kier alpha value is -6.67. The maximum atomic E-state index is 6.60. The normalized spacial score (nSPS) is 21.4. The molecule has 0 saturated heterocycles. The van der Waals surface area contributed by atoms with Gasteiger partial charge in [-0.25, -0.2) is 15.0 Å². The largest absolute Gasteiger partial charge is 0.494 e. The lowest BCUT2D eigenvalue weighted by Gasteiger charge is -2.36. The smallest absolute Gasteiger partial charge is 0.137 e. The lowest BCUT2D eigenvalue weighted by Crippen LogP contribution is -2.48. The molecule has 0 saturated carbocycles. The van der Waals surface area contributed by atoms with Gasteiger partial charge in [0.2, 0.25) is 0 Å². The van der Waals surface area contributed by atoms with Gasteiger partial charge in [0.05, 0.1) is 89.1 Å². The van der Waals surface area contributed by atoms with Crippen LogP contribution in [0.2, 0.25) is 0 Å². The number of fused-ring (bicyclic) bond motifs is 7. The van der Waals surface area contributed by atoms with Gasteiger partial charge in [-0.05, 0) is 143 Å². The molecule has 4 aromatic rings. The zero-order valence-electron chi connectivity index (χ0n) is 55.9. The predicted molar refractivity (Wildman–Crippen MR) is 370 cm³/mol. The van der Waals surface area contributed by atoms with E-state index in [2.05, 4.69) is 235 Å². The Morgan fingerprint density at radius 2 is 1.09 bits per heavy atom. The molecule has 0 amide bonds. The van der Waals surface area contributed by atoms with Crippen LogP contribution < -0.4 is 24.8 Å². The molecule has 0 radical (unpaired) electrons. The fourth-order valence-electron chi connectivity index (χ4n) is 13.4. The minimum absolute atomic E-state index is 0.0129. The average Bonchev–Trinajstić information content (AvgIpc) is 3.04. The minimum atomic E-state index is -0.0683. The van der Waals surface area contributed by atoms with E-state index in [0.717, 1.165) is 192 Å². The number of hydrogen-bond donors (Lipinski definition) is 3. The number of aliphatic imine (C=N–C) groups is 1. The zero-order valence-corrected chi connectivity index (χ0v) is 55.9. The van der Waals surface area contributed by atoms with Crippen molar-refractivity contribution in [3.63, 3.8) is 0 Å². The van der Waals surface area contributed by atoms with Gasteiger partial charge >= 0.3 is 0 Å². The monoisotopic (exact) mass is 1210 g/mol. The van der Waals surface area contributed by atoms with Crippen LogP contribution in [0, 0.1) is 0 Å². The van der Waals surface area contributed by atoms with E-state index >= 15 is 0 Å². The summed E-state index contributed by atoms with van der Waals surface area (Å²) in [7, 11) is 4.44. The summed E-state index contributed by atoms with van der Waals surface area (Å²) in [4.78, 5) is 9.68. The van der Waals surface area contributed by atoms with Gasteiger partial charge in [0, 0.05) is 78.5 Å². The van der Waals surface area contributed by atoms with E-state index in [0.29, 0.717) is 13.2 Å². The Bertz CT molecular complexity index is 3170. The van der Waals surface area contributed by atoms with E-state index in [9.17, 15) is 0 Å². The molecule has 12 nitrogen and oxygen atoms in total. The fourth-order valence-corrected chi connectivity index (χ4v) is 13.4. The van der Waals surface area contributed by atoms with Gasteiger partial charge in [0.15, 0.2) is 0 Å². The molecule has 89 heavy (non-hydrogen) atoms. The highest BCUT2D eigenvalue weighted by Gasteiger charge is 2.36. The van der Waals surface area contributed by atoms with Gasteiger partial charge in [-0.15, -0.1) is 0 Å². The first kappa shape index (κ1) is 66.7. The molecule has 12 heteroatoms. The highest BCUT2D eigenvalue weighted by Crippen LogP contribution is 2.40. The van der Waals surface area contributed by atoms with E-state index in [1.165, 1.54) is 50.5 Å². The number of allylic oxidation sites excluding steroid dienone is 7. The summed E-state index contributed by atoms with van der Waals surface area (Å²) in [5.41, 5.74) is 13.5. The lowest BCUT2D eigenvalue weighted by atomic mass is 9.85. The van der Waals surface area contributed by atoms with E-state index in [4.69, 9.17) is 23.9 Å². The molecule has 0 spiro atoms. The molecule has 5 aliphatic rings. The number of benzene rings is 3. The molecule has 5 heterocycles. The van der Waals surface area contributed by atoms with E-state index in [-0.39, 0.29) is 24.1 Å². The summed E-state index contributed by atoms with van der Waals surface area (Å²) in [6.45, 7) is 31.3. The first-order valence-corrected chi connectivity index (χ1v) is 34.4. The molecule has 0 fully saturated rings. The van der Waals surface area contributed by atoms with Crippen molar-refractivity contribution in [1.29, 1.82) is 0 Å². The number of ether oxygens (including phenoxy) is 4. The maximum absolute atomic E-state index is 6.60. The molecule has 4 unspecified atom stereocenters. The number of likely N-dealkylation sites (N-methyl/N-ethyl adjacent to an activating group) is 2. The van der Waals surface area contributed by atoms with Gasteiger partial charge in [0.25, 0.3) is 0 Å². The third kappa shape index (κ3) is 17.2. The summed E-state index contributed by atoms with van der Waals surface area (Å²) in [6, 6.07) is 30.5. The Balaban J connectivity index is 1.09. The first-order chi connectivity index (χ1) is 43.5. The van der Waals surface area contributed by atoms with Crippen molar-refractivity contribution in [2.75, 3.05) is 106 Å². The van der Waals surface area contributed by atoms with Crippen LogP contribution in [-0.4, -0.2) is 154 Å². The molecule has 3 aromatic carbocycles.